The lowest BCUT2D eigenvalue weighted by Crippen LogP contribution is -2.49. The predicted octanol–water partition coefficient (Wildman–Crippen LogP) is 1.79. The van der Waals surface area contributed by atoms with Crippen LogP contribution in [0.25, 0.3) is 0 Å². The number of aryl methyl sites for hydroxylation is 1. The number of hydrogen-bond donors (Lipinski definition) is 2. The molecule has 2 aromatic heterocycles. The monoisotopic (exact) mass is 346 g/mol. The Morgan fingerprint density at radius 3 is 2.84 bits per heavy atom. The van der Waals surface area contributed by atoms with Crippen molar-refractivity contribution in [3.8, 4) is 0 Å². The predicted molar refractivity (Wildman–Crippen MR) is 92.0 cm³/mol. The normalized spacial score (nSPS) is 21.1. The first-order valence-electron chi connectivity index (χ1n) is 8.92. The van der Waals surface area contributed by atoms with Crippen LogP contribution in [-0.2, 0) is 5.60 Å². The van der Waals surface area contributed by atoms with E-state index in [1.165, 1.54) is 6.20 Å². The number of β-amino-alcohol motifs (C(OH)–C–C–N with tert-alkyl or cyclic N) is 1. The molecule has 8 nitrogen and oxygen atoms in total. The molecule has 1 amide bonds. The molecule has 1 aliphatic rings. The maximum Gasteiger partial charge on any atom is 0.272 e. The van der Waals surface area contributed by atoms with Crippen molar-refractivity contribution in [2.45, 2.75) is 58.1 Å². The first-order chi connectivity index (χ1) is 12.0. The summed E-state index contributed by atoms with van der Waals surface area (Å²) >= 11 is 0. The highest BCUT2D eigenvalue weighted by atomic mass is 16.3. The van der Waals surface area contributed by atoms with Gasteiger partial charge in [0.05, 0.1) is 24.5 Å². The number of nitrogens with one attached hydrogen (secondary N) is 1. The molecule has 0 radical (unpaired) electrons. The quantitative estimate of drug-likeness (QED) is 0.860. The Balaban J connectivity index is 1.86. The fraction of sp³-hybridized carbons (Fsp3) is 0.647. The molecule has 0 bridgehead atoms. The third-order valence-corrected chi connectivity index (χ3v) is 5.02. The fourth-order valence-electron chi connectivity index (χ4n) is 3.60. The summed E-state index contributed by atoms with van der Waals surface area (Å²) in [6, 6.07) is 2.04. The van der Waals surface area contributed by atoms with Gasteiger partial charge in [-0.25, -0.2) is 0 Å². The SMILES string of the molecule is CCC(CC)n1nc(C)cc1C(=O)N1CCCC(O)(c2cn[nH]n2)C1. The highest BCUT2D eigenvalue weighted by molar-refractivity contribution is 5.93. The van der Waals surface area contributed by atoms with Crippen molar-refractivity contribution in [3.63, 3.8) is 0 Å². The first kappa shape index (κ1) is 17.6. The number of aliphatic hydroxyl groups is 1. The third-order valence-electron chi connectivity index (χ3n) is 5.02. The van der Waals surface area contributed by atoms with E-state index < -0.39 is 5.60 Å². The van der Waals surface area contributed by atoms with Gasteiger partial charge in [-0.15, -0.1) is 0 Å². The van der Waals surface area contributed by atoms with Crippen LogP contribution in [0.15, 0.2) is 12.3 Å². The van der Waals surface area contributed by atoms with Crippen molar-refractivity contribution in [2.75, 3.05) is 13.1 Å². The second kappa shape index (κ2) is 6.95. The summed E-state index contributed by atoms with van der Waals surface area (Å²) < 4.78 is 1.85. The summed E-state index contributed by atoms with van der Waals surface area (Å²) in [5.41, 5.74) is 0.750. The molecular weight excluding hydrogens is 320 g/mol. The lowest BCUT2D eigenvalue weighted by Gasteiger charge is -2.38. The summed E-state index contributed by atoms with van der Waals surface area (Å²) in [5, 5.41) is 25.8. The molecule has 136 valence electrons. The van der Waals surface area contributed by atoms with Crippen LogP contribution in [0.4, 0.5) is 0 Å². The number of nitrogens with zero attached hydrogens (tertiary/aromatic N) is 5. The highest BCUT2D eigenvalue weighted by Crippen LogP contribution is 2.31. The molecule has 3 rings (SSSR count). The average molecular weight is 346 g/mol. The van der Waals surface area contributed by atoms with Crippen molar-refractivity contribution in [1.82, 2.24) is 30.1 Å². The number of H-pyrrole nitrogens is 1. The van der Waals surface area contributed by atoms with E-state index in [-0.39, 0.29) is 18.5 Å². The van der Waals surface area contributed by atoms with Crippen LogP contribution >= 0.6 is 0 Å². The lowest BCUT2D eigenvalue weighted by molar-refractivity contribution is -0.0324. The molecule has 2 N–H and O–H groups in total. The number of carbonyl (C=O) groups excluding carboxylic acids is 1. The van der Waals surface area contributed by atoms with Gasteiger partial charge in [0.1, 0.15) is 17.0 Å². The van der Waals surface area contributed by atoms with Crippen LogP contribution in [0.1, 0.15) is 67.4 Å². The zero-order valence-corrected chi connectivity index (χ0v) is 15.1. The van der Waals surface area contributed by atoms with E-state index in [1.807, 2.05) is 17.7 Å². The van der Waals surface area contributed by atoms with E-state index >= 15 is 0 Å². The molecule has 1 fully saturated rings. The summed E-state index contributed by atoms with van der Waals surface area (Å²) in [5.74, 6) is -0.0888. The van der Waals surface area contributed by atoms with E-state index in [0.717, 1.165) is 18.5 Å². The van der Waals surface area contributed by atoms with Gasteiger partial charge < -0.3 is 10.0 Å². The molecule has 0 aliphatic carbocycles. The van der Waals surface area contributed by atoms with E-state index in [4.69, 9.17) is 0 Å². The molecule has 0 saturated carbocycles. The van der Waals surface area contributed by atoms with Gasteiger partial charge in [0.2, 0.25) is 0 Å². The van der Waals surface area contributed by atoms with Gasteiger partial charge >= 0.3 is 0 Å². The number of piperidine rings is 1. The van der Waals surface area contributed by atoms with Crippen LogP contribution in [-0.4, -0.2) is 54.2 Å². The number of carbonyl (C=O) groups is 1. The molecule has 0 aromatic carbocycles. The van der Waals surface area contributed by atoms with Crippen molar-refractivity contribution < 1.29 is 9.90 Å². The smallest absolute Gasteiger partial charge is 0.272 e. The second-order valence-corrected chi connectivity index (χ2v) is 6.80. The summed E-state index contributed by atoms with van der Waals surface area (Å²) in [7, 11) is 0. The Morgan fingerprint density at radius 2 is 2.20 bits per heavy atom. The van der Waals surface area contributed by atoms with Crippen LogP contribution in [0.2, 0.25) is 0 Å². The zero-order chi connectivity index (χ0) is 18.0. The Kier molecular flexibility index (Phi) is 4.89. The third kappa shape index (κ3) is 3.30. The Bertz CT molecular complexity index is 722. The van der Waals surface area contributed by atoms with E-state index in [2.05, 4.69) is 34.4 Å². The first-order valence-corrected chi connectivity index (χ1v) is 8.92. The number of likely N-dealkylation sites (tertiary alicyclic amines) is 1. The standard InChI is InChI=1S/C17H26N6O2/c1-4-13(5-2)23-14(9-12(3)20-23)16(24)22-8-6-7-17(25,11-22)15-10-18-21-19-15/h9-10,13,25H,4-8,11H2,1-3H3,(H,18,19,21). The summed E-state index contributed by atoms with van der Waals surface area (Å²) in [4.78, 5) is 14.8. The second-order valence-electron chi connectivity index (χ2n) is 6.80. The van der Waals surface area contributed by atoms with Crippen LogP contribution in [0, 0.1) is 6.92 Å². The molecule has 1 saturated heterocycles. The molecule has 8 heteroatoms. The van der Waals surface area contributed by atoms with Gasteiger partial charge in [0.15, 0.2) is 0 Å². The summed E-state index contributed by atoms with van der Waals surface area (Å²) in [6.07, 6.45) is 4.63. The van der Waals surface area contributed by atoms with Crippen molar-refractivity contribution >= 4 is 5.91 Å². The Morgan fingerprint density at radius 1 is 1.44 bits per heavy atom. The number of hydrogen-bond acceptors (Lipinski definition) is 5. The minimum absolute atomic E-state index is 0.0888. The number of aromatic nitrogens is 5. The minimum Gasteiger partial charge on any atom is -0.382 e. The fourth-order valence-corrected chi connectivity index (χ4v) is 3.60. The molecule has 3 heterocycles. The van der Waals surface area contributed by atoms with E-state index in [1.54, 1.807) is 4.90 Å². The summed E-state index contributed by atoms with van der Waals surface area (Å²) in [6.45, 7) is 6.93. The van der Waals surface area contributed by atoms with Gasteiger partial charge in [-0.05, 0) is 38.7 Å². The van der Waals surface area contributed by atoms with Crippen molar-refractivity contribution in [3.05, 3.63) is 29.3 Å². The molecule has 1 atom stereocenters. The van der Waals surface area contributed by atoms with E-state index in [0.29, 0.717) is 30.8 Å². The van der Waals surface area contributed by atoms with Crippen LogP contribution < -0.4 is 0 Å². The lowest BCUT2D eigenvalue weighted by atomic mass is 9.90. The number of aromatic amines is 1. The van der Waals surface area contributed by atoms with Crippen LogP contribution in [0.5, 0.6) is 0 Å². The molecule has 0 spiro atoms. The Hall–Kier alpha value is -2.22. The molecule has 2 aromatic rings. The van der Waals surface area contributed by atoms with Gasteiger partial charge in [-0.3, -0.25) is 9.48 Å². The van der Waals surface area contributed by atoms with Gasteiger partial charge in [0.25, 0.3) is 5.91 Å². The Labute approximate surface area is 147 Å². The van der Waals surface area contributed by atoms with Gasteiger partial charge in [0, 0.05) is 6.54 Å². The molecular formula is C17H26N6O2. The highest BCUT2D eigenvalue weighted by Gasteiger charge is 2.39. The molecule has 1 unspecified atom stereocenters. The maximum absolute atomic E-state index is 13.1. The van der Waals surface area contributed by atoms with Gasteiger partial charge in [-0.2, -0.15) is 20.5 Å². The maximum atomic E-state index is 13.1. The number of rotatable bonds is 5. The zero-order valence-electron chi connectivity index (χ0n) is 15.1. The van der Waals surface area contributed by atoms with Crippen molar-refractivity contribution in [1.29, 1.82) is 0 Å². The van der Waals surface area contributed by atoms with Crippen LogP contribution in [0.3, 0.4) is 0 Å². The van der Waals surface area contributed by atoms with E-state index in [9.17, 15) is 9.90 Å². The minimum atomic E-state index is -1.16. The van der Waals surface area contributed by atoms with Crippen molar-refractivity contribution in [2.24, 2.45) is 0 Å². The molecule has 1 aliphatic heterocycles. The topological polar surface area (TPSA) is 99.9 Å². The largest absolute Gasteiger partial charge is 0.382 e. The average Bonchev–Trinajstić information content (AvgIpc) is 3.26. The van der Waals surface area contributed by atoms with Gasteiger partial charge in [-0.1, -0.05) is 13.8 Å². The number of amides is 1. The molecule has 25 heavy (non-hydrogen) atoms.